The van der Waals surface area contributed by atoms with E-state index in [9.17, 15) is 0 Å². The summed E-state index contributed by atoms with van der Waals surface area (Å²) in [6, 6.07) is 8.93. The van der Waals surface area contributed by atoms with Crippen molar-refractivity contribution in [2.45, 2.75) is 63.2 Å². The molecule has 8 aliphatic rings. The minimum absolute atomic E-state index is 0.264. The molecule has 0 saturated carbocycles. The van der Waals surface area contributed by atoms with Gasteiger partial charge in [-0.15, -0.1) is 0 Å². The number of hydrogen-bond donors (Lipinski definition) is 1. The first-order valence-electron chi connectivity index (χ1n) is 17.1. The summed E-state index contributed by atoms with van der Waals surface area (Å²) < 4.78 is 0. The molecular weight excluding hydrogens is 551 g/mol. The molecule has 3 heteroatoms. The topological polar surface area (TPSA) is 15.3 Å². The molecule has 1 saturated heterocycles. The van der Waals surface area contributed by atoms with Crippen LogP contribution in [0.5, 0.6) is 0 Å². The number of nitrogens with one attached hydrogen (secondary N) is 1. The lowest BCUT2D eigenvalue weighted by atomic mass is 9.65. The highest BCUT2D eigenvalue weighted by Gasteiger charge is 2.48. The van der Waals surface area contributed by atoms with Crippen LogP contribution >= 0.6 is 7.92 Å². The fraction of sp³-hybridized carbons (Fsp3) is 0.366. The number of piperidine rings is 1. The number of anilines is 2. The van der Waals surface area contributed by atoms with Gasteiger partial charge in [-0.05, 0) is 123 Å². The predicted octanol–water partition coefficient (Wildman–Crippen LogP) is 10.7. The highest BCUT2D eigenvalue weighted by Crippen LogP contribution is 2.63. The number of fused-ring (bicyclic) bond motifs is 9. The summed E-state index contributed by atoms with van der Waals surface area (Å²) in [6.45, 7) is 0. The van der Waals surface area contributed by atoms with Gasteiger partial charge in [0.15, 0.2) is 0 Å². The van der Waals surface area contributed by atoms with E-state index in [1.54, 1.807) is 21.8 Å². The van der Waals surface area contributed by atoms with Crippen molar-refractivity contribution in [2.24, 2.45) is 29.6 Å². The largest absolute Gasteiger partial charge is 0.360 e. The van der Waals surface area contributed by atoms with Gasteiger partial charge in [0.05, 0.1) is 11.4 Å². The van der Waals surface area contributed by atoms with E-state index in [-0.39, 0.29) is 14.1 Å². The van der Waals surface area contributed by atoms with Gasteiger partial charge in [0.1, 0.15) is 6.17 Å². The standard InChI is InChI=1S/C41H43N2P/c1-3-11-32(12-4-1)44(33-13-5-2-6-14-33)34-23-21-28-19-20-29(25-31(28)26-34)30-22-24-35-36-15-7-9-17-39(36)43-40-18-10-8-16-38(40)42-41(43)37(35)27-30/h1-5,7-11,13,16-21,23,27,29-32,35-36,41-42H,6,12,14-15,22,24-26H2. The molecule has 0 aromatic heterocycles. The summed E-state index contributed by atoms with van der Waals surface area (Å²) in [5.74, 6) is 3.17. The number of rotatable bonds is 4. The van der Waals surface area contributed by atoms with Gasteiger partial charge in [0.25, 0.3) is 0 Å². The number of hydrogen-bond acceptors (Lipinski definition) is 2. The zero-order chi connectivity index (χ0) is 29.0. The first kappa shape index (κ1) is 27.0. The predicted molar refractivity (Wildman–Crippen MR) is 188 cm³/mol. The second-order valence-electron chi connectivity index (χ2n) is 13.9. The van der Waals surface area contributed by atoms with Crippen molar-refractivity contribution in [1.82, 2.24) is 0 Å². The van der Waals surface area contributed by atoms with Crippen LogP contribution in [0.4, 0.5) is 11.4 Å². The zero-order valence-electron chi connectivity index (χ0n) is 25.6. The Balaban J connectivity index is 0.985. The van der Waals surface area contributed by atoms with Crippen LogP contribution in [0.1, 0.15) is 51.4 Å². The van der Waals surface area contributed by atoms with E-state index in [1.807, 2.05) is 0 Å². The highest BCUT2D eigenvalue weighted by molar-refractivity contribution is 7.67. The van der Waals surface area contributed by atoms with Crippen molar-refractivity contribution >= 4 is 19.3 Å². The van der Waals surface area contributed by atoms with Gasteiger partial charge < -0.3 is 10.2 Å². The van der Waals surface area contributed by atoms with E-state index < -0.39 is 0 Å². The lowest BCUT2D eigenvalue weighted by Crippen LogP contribution is -2.49. The van der Waals surface area contributed by atoms with Crippen molar-refractivity contribution in [1.29, 1.82) is 0 Å². The Morgan fingerprint density at radius 1 is 0.795 bits per heavy atom. The van der Waals surface area contributed by atoms with Gasteiger partial charge in [-0.3, -0.25) is 0 Å². The molecule has 0 amide bonds. The molecule has 1 aromatic carbocycles. The molecule has 1 fully saturated rings. The maximum atomic E-state index is 3.96. The van der Waals surface area contributed by atoms with Crippen LogP contribution in [0, 0.1) is 29.6 Å². The normalized spacial score (nSPS) is 35.0. The summed E-state index contributed by atoms with van der Waals surface area (Å²) in [7, 11) is -0.296. The van der Waals surface area contributed by atoms with E-state index in [1.165, 1.54) is 68.4 Å². The molecule has 0 bridgehead atoms. The average molecular weight is 595 g/mol. The maximum absolute atomic E-state index is 3.96. The fourth-order valence-electron chi connectivity index (χ4n) is 9.48. The van der Waals surface area contributed by atoms with Crippen molar-refractivity contribution < 1.29 is 0 Å². The smallest absolute Gasteiger partial charge is 0.126 e. The number of para-hydroxylation sites is 2. The summed E-state index contributed by atoms with van der Waals surface area (Å²) >= 11 is 0. The number of allylic oxidation sites excluding steroid dienone is 19. The molecular formula is C41H43N2P. The van der Waals surface area contributed by atoms with Crippen LogP contribution in [-0.2, 0) is 0 Å². The SMILES string of the molecule is C1=CCCC(P(C2=CC=C3C=CC(C4C=C5C(CC4)C4CC=CC=C4N4c6ccccc6NC54)CC3C2)C2C=CC=CC2)=C1. The van der Waals surface area contributed by atoms with Crippen molar-refractivity contribution in [3.8, 4) is 0 Å². The third kappa shape index (κ3) is 4.56. The molecule has 8 atom stereocenters. The molecule has 2 heterocycles. The molecule has 1 N–H and O–H groups in total. The third-order valence-corrected chi connectivity index (χ3v) is 14.5. The van der Waals surface area contributed by atoms with Gasteiger partial charge in [-0.2, -0.15) is 0 Å². The van der Waals surface area contributed by atoms with E-state index >= 15 is 0 Å². The Hall–Kier alpha value is -3.35. The monoisotopic (exact) mass is 594 g/mol. The van der Waals surface area contributed by atoms with Crippen LogP contribution in [-0.4, -0.2) is 11.8 Å². The molecule has 0 radical (unpaired) electrons. The van der Waals surface area contributed by atoms with Crippen LogP contribution in [0.25, 0.3) is 0 Å². The second-order valence-corrected chi connectivity index (χ2v) is 16.5. The van der Waals surface area contributed by atoms with Crippen LogP contribution in [0.3, 0.4) is 0 Å². The van der Waals surface area contributed by atoms with Crippen LogP contribution in [0.2, 0.25) is 0 Å². The Bertz CT molecular complexity index is 1660. The summed E-state index contributed by atoms with van der Waals surface area (Å²) in [5.41, 5.74) is 8.03. The Morgan fingerprint density at radius 2 is 1.73 bits per heavy atom. The zero-order valence-corrected chi connectivity index (χ0v) is 26.5. The second kappa shape index (κ2) is 11.2. The summed E-state index contributed by atoms with van der Waals surface area (Å²) in [5, 5.41) is 7.40. The Labute approximate surface area is 264 Å². The third-order valence-electron chi connectivity index (χ3n) is 11.6. The van der Waals surface area contributed by atoms with E-state index in [0.29, 0.717) is 35.2 Å². The van der Waals surface area contributed by atoms with Crippen LogP contribution < -0.4 is 10.2 Å². The van der Waals surface area contributed by atoms with Gasteiger partial charge in [0, 0.05) is 17.3 Å². The molecule has 222 valence electrons. The molecule has 2 aliphatic heterocycles. The minimum atomic E-state index is -0.296. The summed E-state index contributed by atoms with van der Waals surface area (Å²) in [6.07, 6.45) is 46.7. The minimum Gasteiger partial charge on any atom is -0.360 e. The molecule has 8 unspecified atom stereocenters. The Morgan fingerprint density at radius 3 is 2.64 bits per heavy atom. The maximum Gasteiger partial charge on any atom is 0.126 e. The van der Waals surface area contributed by atoms with Gasteiger partial charge in [-0.1, -0.05) is 97.2 Å². The molecule has 0 spiro atoms. The Kier molecular flexibility index (Phi) is 6.89. The van der Waals surface area contributed by atoms with Crippen LogP contribution in [0.15, 0.2) is 143 Å². The number of nitrogens with zero attached hydrogens (tertiary/aromatic N) is 1. The van der Waals surface area contributed by atoms with E-state index in [0.717, 1.165) is 0 Å². The first-order chi connectivity index (χ1) is 21.8. The average Bonchev–Trinajstić information content (AvgIpc) is 3.49. The highest BCUT2D eigenvalue weighted by atomic mass is 31.1. The summed E-state index contributed by atoms with van der Waals surface area (Å²) in [4.78, 5) is 2.64. The van der Waals surface area contributed by atoms with Crippen molar-refractivity contribution in [2.75, 3.05) is 10.2 Å². The van der Waals surface area contributed by atoms with Gasteiger partial charge in [-0.25, -0.2) is 0 Å². The quantitative estimate of drug-likeness (QED) is 0.276. The molecule has 44 heavy (non-hydrogen) atoms. The lowest BCUT2D eigenvalue weighted by Gasteiger charge is -2.49. The number of benzene rings is 1. The van der Waals surface area contributed by atoms with Crippen molar-refractivity contribution in [3.05, 3.63) is 143 Å². The molecule has 6 aliphatic carbocycles. The van der Waals surface area contributed by atoms with Crippen molar-refractivity contribution in [3.63, 3.8) is 0 Å². The lowest BCUT2D eigenvalue weighted by molar-refractivity contribution is 0.269. The fourth-order valence-corrected chi connectivity index (χ4v) is 12.6. The van der Waals surface area contributed by atoms with Gasteiger partial charge in [0.2, 0.25) is 0 Å². The van der Waals surface area contributed by atoms with E-state index in [4.69, 9.17) is 0 Å². The molecule has 1 aromatic rings. The molecule has 9 rings (SSSR count). The first-order valence-corrected chi connectivity index (χ1v) is 18.5. The molecule has 2 nitrogen and oxygen atoms in total. The van der Waals surface area contributed by atoms with Gasteiger partial charge >= 0.3 is 0 Å². The van der Waals surface area contributed by atoms with E-state index in [2.05, 4.69) is 126 Å².